The summed E-state index contributed by atoms with van der Waals surface area (Å²) in [5, 5.41) is 6.40. The SMILES string of the molecule is CCCC1(C(=O)Nc2ccccc2OC(C)C)CCNC1. The number of ether oxygens (including phenoxy) is 1. The lowest BCUT2D eigenvalue weighted by Gasteiger charge is -2.27. The van der Waals surface area contributed by atoms with Crippen molar-refractivity contribution in [1.29, 1.82) is 0 Å². The molecule has 1 unspecified atom stereocenters. The van der Waals surface area contributed by atoms with Gasteiger partial charge in [-0.05, 0) is 45.4 Å². The summed E-state index contributed by atoms with van der Waals surface area (Å²) >= 11 is 0. The molecule has 1 aliphatic heterocycles. The normalized spacial score (nSPS) is 21.5. The van der Waals surface area contributed by atoms with Gasteiger partial charge in [-0.15, -0.1) is 0 Å². The fraction of sp³-hybridized carbons (Fsp3) is 0.588. The average Bonchev–Trinajstić information content (AvgIpc) is 2.91. The van der Waals surface area contributed by atoms with Crippen molar-refractivity contribution >= 4 is 11.6 Å². The van der Waals surface area contributed by atoms with Crippen LogP contribution in [0.1, 0.15) is 40.0 Å². The van der Waals surface area contributed by atoms with Gasteiger partial charge < -0.3 is 15.4 Å². The number of hydrogen-bond donors (Lipinski definition) is 2. The summed E-state index contributed by atoms with van der Waals surface area (Å²) in [4.78, 5) is 12.8. The molecule has 4 nitrogen and oxygen atoms in total. The summed E-state index contributed by atoms with van der Waals surface area (Å²) in [6.45, 7) is 7.77. The van der Waals surface area contributed by atoms with Gasteiger partial charge in [-0.25, -0.2) is 0 Å². The third kappa shape index (κ3) is 3.76. The van der Waals surface area contributed by atoms with E-state index in [9.17, 15) is 4.79 Å². The van der Waals surface area contributed by atoms with E-state index in [1.807, 2.05) is 38.1 Å². The Morgan fingerprint density at radius 3 is 2.81 bits per heavy atom. The monoisotopic (exact) mass is 290 g/mol. The second-order valence-corrected chi connectivity index (χ2v) is 6.07. The molecule has 1 amide bonds. The molecular formula is C17H26N2O2. The van der Waals surface area contributed by atoms with Crippen LogP contribution in [0.4, 0.5) is 5.69 Å². The predicted molar refractivity (Wildman–Crippen MR) is 85.7 cm³/mol. The van der Waals surface area contributed by atoms with Crippen molar-refractivity contribution < 1.29 is 9.53 Å². The van der Waals surface area contributed by atoms with Crippen LogP contribution < -0.4 is 15.4 Å². The lowest BCUT2D eigenvalue weighted by molar-refractivity contribution is -0.125. The van der Waals surface area contributed by atoms with Crippen LogP contribution in [0.15, 0.2) is 24.3 Å². The Morgan fingerprint density at radius 1 is 1.43 bits per heavy atom. The van der Waals surface area contributed by atoms with Crippen molar-refractivity contribution in [3.63, 3.8) is 0 Å². The zero-order chi connectivity index (χ0) is 15.3. The molecule has 1 atom stereocenters. The van der Waals surface area contributed by atoms with Crippen LogP contribution in [0.25, 0.3) is 0 Å². The van der Waals surface area contributed by atoms with Gasteiger partial charge in [0.15, 0.2) is 0 Å². The molecule has 1 aromatic rings. The lowest BCUT2D eigenvalue weighted by atomic mass is 9.81. The Hall–Kier alpha value is -1.55. The molecule has 0 radical (unpaired) electrons. The van der Waals surface area contributed by atoms with Crippen LogP contribution >= 0.6 is 0 Å². The number of anilines is 1. The maximum atomic E-state index is 12.8. The van der Waals surface area contributed by atoms with Gasteiger partial charge in [-0.2, -0.15) is 0 Å². The summed E-state index contributed by atoms with van der Waals surface area (Å²) in [5.74, 6) is 0.840. The highest BCUT2D eigenvalue weighted by atomic mass is 16.5. The molecule has 0 aromatic heterocycles. The van der Waals surface area contributed by atoms with Crippen molar-refractivity contribution in [2.75, 3.05) is 18.4 Å². The molecule has 1 saturated heterocycles. The Bertz CT molecular complexity index is 479. The van der Waals surface area contributed by atoms with Crippen molar-refractivity contribution in [2.24, 2.45) is 5.41 Å². The number of rotatable bonds is 6. The predicted octanol–water partition coefficient (Wildman–Crippen LogP) is 3.19. The summed E-state index contributed by atoms with van der Waals surface area (Å²) in [6, 6.07) is 7.64. The number of amides is 1. The van der Waals surface area contributed by atoms with E-state index in [-0.39, 0.29) is 17.4 Å². The second-order valence-electron chi connectivity index (χ2n) is 6.07. The van der Waals surface area contributed by atoms with Gasteiger partial charge in [-0.1, -0.05) is 25.5 Å². The van der Waals surface area contributed by atoms with Crippen LogP contribution in [0.3, 0.4) is 0 Å². The van der Waals surface area contributed by atoms with Crippen molar-refractivity contribution in [2.45, 2.75) is 46.1 Å². The number of carbonyl (C=O) groups excluding carboxylic acids is 1. The van der Waals surface area contributed by atoms with E-state index in [1.54, 1.807) is 0 Å². The molecule has 1 heterocycles. The quantitative estimate of drug-likeness (QED) is 0.846. The highest BCUT2D eigenvalue weighted by molar-refractivity contribution is 5.97. The number of carbonyl (C=O) groups is 1. The molecule has 0 bridgehead atoms. The van der Waals surface area contributed by atoms with Gasteiger partial charge in [0.05, 0.1) is 17.2 Å². The van der Waals surface area contributed by atoms with Gasteiger partial charge in [0.1, 0.15) is 5.75 Å². The number of para-hydroxylation sites is 2. The van der Waals surface area contributed by atoms with Gasteiger partial charge >= 0.3 is 0 Å². The van der Waals surface area contributed by atoms with Crippen LogP contribution in [-0.2, 0) is 4.79 Å². The first-order valence-electron chi connectivity index (χ1n) is 7.85. The fourth-order valence-electron chi connectivity index (χ4n) is 2.92. The van der Waals surface area contributed by atoms with Gasteiger partial charge in [0.2, 0.25) is 5.91 Å². The van der Waals surface area contributed by atoms with Crippen molar-refractivity contribution in [3.05, 3.63) is 24.3 Å². The molecule has 4 heteroatoms. The number of hydrogen-bond acceptors (Lipinski definition) is 3. The van der Waals surface area contributed by atoms with E-state index in [4.69, 9.17) is 4.74 Å². The van der Waals surface area contributed by atoms with E-state index >= 15 is 0 Å². The number of benzene rings is 1. The van der Waals surface area contributed by atoms with E-state index in [2.05, 4.69) is 17.6 Å². The number of nitrogens with one attached hydrogen (secondary N) is 2. The highest BCUT2D eigenvalue weighted by Gasteiger charge is 2.40. The van der Waals surface area contributed by atoms with E-state index < -0.39 is 0 Å². The molecule has 1 fully saturated rings. The first-order chi connectivity index (χ1) is 10.1. The van der Waals surface area contributed by atoms with Crippen LogP contribution in [-0.4, -0.2) is 25.1 Å². The molecule has 0 spiro atoms. The Labute approximate surface area is 127 Å². The van der Waals surface area contributed by atoms with Crippen LogP contribution in [0, 0.1) is 5.41 Å². The summed E-state index contributed by atoms with van der Waals surface area (Å²) in [6.07, 6.45) is 2.92. The van der Waals surface area contributed by atoms with Crippen LogP contribution in [0.2, 0.25) is 0 Å². The van der Waals surface area contributed by atoms with Crippen LogP contribution in [0.5, 0.6) is 5.75 Å². The molecule has 1 aromatic carbocycles. The minimum Gasteiger partial charge on any atom is -0.489 e. The second kappa shape index (κ2) is 6.94. The first kappa shape index (κ1) is 15.8. The molecule has 0 aliphatic carbocycles. The average molecular weight is 290 g/mol. The molecule has 21 heavy (non-hydrogen) atoms. The molecule has 116 valence electrons. The topological polar surface area (TPSA) is 50.4 Å². The van der Waals surface area contributed by atoms with E-state index in [0.717, 1.165) is 43.8 Å². The van der Waals surface area contributed by atoms with E-state index in [1.165, 1.54) is 0 Å². The zero-order valence-electron chi connectivity index (χ0n) is 13.2. The Morgan fingerprint density at radius 2 is 2.19 bits per heavy atom. The van der Waals surface area contributed by atoms with Gasteiger partial charge in [0.25, 0.3) is 0 Å². The minimum absolute atomic E-state index is 0.0841. The maximum Gasteiger partial charge on any atom is 0.232 e. The first-order valence-corrected chi connectivity index (χ1v) is 7.85. The Kier molecular flexibility index (Phi) is 5.23. The van der Waals surface area contributed by atoms with E-state index in [0.29, 0.717) is 0 Å². The highest BCUT2D eigenvalue weighted by Crippen LogP contribution is 2.34. The molecule has 0 saturated carbocycles. The van der Waals surface area contributed by atoms with Crippen molar-refractivity contribution in [3.8, 4) is 5.75 Å². The third-order valence-electron chi connectivity index (χ3n) is 3.95. The largest absolute Gasteiger partial charge is 0.489 e. The molecule has 2 rings (SSSR count). The summed E-state index contributed by atoms with van der Waals surface area (Å²) in [5.41, 5.74) is 0.484. The molecule has 1 aliphatic rings. The summed E-state index contributed by atoms with van der Waals surface area (Å²) < 4.78 is 5.77. The van der Waals surface area contributed by atoms with Gasteiger partial charge in [0, 0.05) is 6.54 Å². The zero-order valence-corrected chi connectivity index (χ0v) is 13.2. The fourth-order valence-corrected chi connectivity index (χ4v) is 2.92. The third-order valence-corrected chi connectivity index (χ3v) is 3.95. The summed E-state index contributed by atoms with van der Waals surface area (Å²) in [7, 11) is 0. The minimum atomic E-state index is -0.278. The van der Waals surface area contributed by atoms with Gasteiger partial charge in [-0.3, -0.25) is 4.79 Å². The van der Waals surface area contributed by atoms with Crippen molar-refractivity contribution in [1.82, 2.24) is 5.32 Å². The smallest absolute Gasteiger partial charge is 0.232 e. The lowest BCUT2D eigenvalue weighted by Crippen LogP contribution is -2.38. The standard InChI is InChI=1S/C17H26N2O2/c1-4-9-17(10-11-18-12-17)16(20)19-14-7-5-6-8-15(14)21-13(2)3/h5-8,13,18H,4,9-12H2,1-3H3,(H,19,20). The Balaban J connectivity index is 2.15. The molecular weight excluding hydrogens is 264 g/mol. The maximum absolute atomic E-state index is 12.8. The molecule has 2 N–H and O–H groups in total.